The largest absolute Gasteiger partial charge is 0.465 e. The first kappa shape index (κ1) is 22.3. The number of nitrogens with one attached hydrogen (secondary N) is 1. The van der Waals surface area contributed by atoms with Crippen LogP contribution in [0.4, 0.5) is 11.4 Å². The molecule has 0 radical (unpaired) electrons. The van der Waals surface area contributed by atoms with Gasteiger partial charge in [-0.05, 0) is 49.4 Å². The van der Waals surface area contributed by atoms with Crippen molar-refractivity contribution in [2.75, 3.05) is 50.6 Å². The summed E-state index contributed by atoms with van der Waals surface area (Å²) in [6, 6.07) is 14.2. The van der Waals surface area contributed by atoms with E-state index in [9.17, 15) is 14.4 Å². The van der Waals surface area contributed by atoms with Gasteiger partial charge in [-0.2, -0.15) is 0 Å². The van der Waals surface area contributed by atoms with E-state index >= 15 is 0 Å². The van der Waals surface area contributed by atoms with Gasteiger partial charge >= 0.3 is 11.9 Å². The fourth-order valence-corrected chi connectivity index (χ4v) is 3.62. The zero-order valence-corrected chi connectivity index (χ0v) is 18.0. The molecule has 0 bridgehead atoms. The number of amides is 1. The van der Waals surface area contributed by atoms with E-state index in [-0.39, 0.29) is 24.5 Å². The molecule has 2 aromatic rings. The van der Waals surface area contributed by atoms with Gasteiger partial charge in [0, 0.05) is 37.1 Å². The van der Waals surface area contributed by atoms with Gasteiger partial charge in [0.05, 0.1) is 31.9 Å². The van der Waals surface area contributed by atoms with Gasteiger partial charge in [0.1, 0.15) is 0 Å². The number of rotatable bonds is 6. The van der Waals surface area contributed by atoms with Gasteiger partial charge in [0.15, 0.2) is 0 Å². The third-order valence-electron chi connectivity index (χ3n) is 5.33. The SMILES string of the molecule is COC(=O)c1ccc(N2CCN(CC(=O)Nc3cccc(C(=O)OC)c3)C(C)C2)cc1. The Morgan fingerprint density at radius 3 is 2.29 bits per heavy atom. The topological polar surface area (TPSA) is 88.2 Å². The summed E-state index contributed by atoms with van der Waals surface area (Å²) in [5.74, 6) is -0.932. The first-order valence-corrected chi connectivity index (χ1v) is 10.1. The van der Waals surface area contributed by atoms with Gasteiger partial charge in [0.25, 0.3) is 0 Å². The van der Waals surface area contributed by atoms with Crippen molar-refractivity contribution < 1.29 is 23.9 Å². The fourth-order valence-electron chi connectivity index (χ4n) is 3.62. The van der Waals surface area contributed by atoms with Gasteiger partial charge in [-0.15, -0.1) is 0 Å². The highest BCUT2D eigenvalue weighted by Crippen LogP contribution is 2.20. The quantitative estimate of drug-likeness (QED) is 0.711. The van der Waals surface area contributed by atoms with E-state index in [1.807, 2.05) is 12.1 Å². The average molecular weight is 425 g/mol. The van der Waals surface area contributed by atoms with E-state index < -0.39 is 5.97 Å². The van der Waals surface area contributed by atoms with Crippen LogP contribution in [0.5, 0.6) is 0 Å². The van der Waals surface area contributed by atoms with Crippen LogP contribution in [0.3, 0.4) is 0 Å². The first-order valence-electron chi connectivity index (χ1n) is 10.1. The molecule has 0 saturated carbocycles. The maximum atomic E-state index is 12.5. The number of benzene rings is 2. The molecular formula is C23H27N3O5. The van der Waals surface area contributed by atoms with Crippen molar-refractivity contribution in [2.45, 2.75) is 13.0 Å². The Bertz CT molecular complexity index is 944. The minimum absolute atomic E-state index is 0.134. The van der Waals surface area contributed by atoms with E-state index in [2.05, 4.69) is 22.0 Å². The molecule has 1 atom stereocenters. The Morgan fingerprint density at radius 1 is 0.968 bits per heavy atom. The predicted molar refractivity (Wildman–Crippen MR) is 117 cm³/mol. The van der Waals surface area contributed by atoms with Crippen LogP contribution in [-0.2, 0) is 14.3 Å². The molecule has 164 valence electrons. The molecule has 3 rings (SSSR count). The highest BCUT2D eigenvalue weighted by molar-refractivity contribution is 5.95. The van der Waals surface area contributed by atoms with Crippen molar-refractivity contribution in [3.05, 3.63) is 59.7 Å². The molecule has 1 N–H and O–H groups in total. The number of hydrogen-bond donors (Lipinski definition) is 1. The number of piperazine rings is 1. The van der Waals surface area contributed by atoms with Gasteiger partial charge in [0.2, 0.25) is 5.91 Å². The lowest BCUT2D eigenvalue weighted by molar-refractivity contribution is -0.117. The number of esters is 2. The summed E-state index contributed by atoms with van der Waals surface area (Å²) in [7, 11) is 2.69. The minimum atomic E-state index is -0.444. The predicted octanol–water partition coefficient (Wildman–Crippen LogP) is 2.41. The molecule has 0 aromatic heterocycles. The van der Waals surface area contributed by atoms with Crippen LogP contribution in [0, 0.1) is 0 Å². The van der Waals surface area contributed by atoms with Crippen LogP contribution in [0.25, 0.3) is 0 Å². The summed E-state index contributed by atoms with van der Waals surface area (Å²) >= 11 is 0. The van der Waals surface area contributed by atoms with Crippen LogP contribution >= 0.6 is 0 Å². The van der Waals surface area contributed by atoms with E-state index in [1.165, 1.54) is 14.2 Å². The number of nitrogens with zero attached hydrogens (tertiary/aromatic N) is 2. The lowest BCUT2D eigenvalue weighted by atomic mass is 10.1. The Balaban J connectivity index is 1.55. The van der Waals surface area contributed by atoms with Crippen LogP contribution in [0.2, 0.25) is 0 Å². The first-order chi connectivity index (χ1) is 14.9. The van der Waals surface area contributed by atoms with Crippen molar-refractivity contribution in [1.82, 2.24) is 4.90 Å². The molecule has 1 unspecified atom stereocenters. The third kappa shape index (κ3) is 5.61. The van der Waals surface area contributed by atoms with Crippen molar-refractivity contribution in [3.63, 3.8) is 0 Å². The highest BCUT2D eigenvalue weighted by atomic mass is 16.5. The molecule has 8 nitrogen and oxygen atoms in total. The number of ether oxygens (including phenoxy) is 2. The van der Waals surface area contributed by atoms with E-state index in [4.69, 9.17) is 9.47 Å². The van der Waals surface area contributed by atoms with Crippen molar-refractivity contribution in [1.29, 1.82) is 0 Å². The third-order valence-corrected chi connectivity index (χ3v) is 5.33. The molecule has 1 amide bonds. The molecule has 1 saturated heterocycles. The number of methoxy groups -OCH3 is 2. The average Bonchev–Trinajstić information content (AvgIpc) is 2.79. The smallest absolute Gasteiger partial charge is 0.337 e. The maximum absolute atomic E-state index is 12.5. The molecule has 1 fully saturated rings. The molecule has 0 aliphatic carbocycles. The second-order valence-electron chi connectivity index (χ2n) is 7.42. The summed E-state index contributed by atoms with van der Waals surface area (Å²) in [6.07, 6.45) is 0. The number of carbonyl (C=O) groups is 3. The van der Waals surface area contributed by atoms with Crippen molar-refractivity contribution in [3.8, 4) is 0 Å². The highest BCUT2D eigenvalue weighted by Gasteiger charge is 2.25. The Kier molecular flexibility index (Phi) is 7.25. The molecule has 2 aromatic carbocycles. The molecule has 1 aliphatic heterocycles. The molecule has 1 aliphatic rings. The second kappa shape index (κ2) is 10.1. The molecule has 31 heavy (non-hydrogen) atoms. The standard InChI is InChI=1S/C23H27N3O5/c1-16-14-26(20-9-7-17(8-10-20)22(28)30-2)12-11-25(16)15-21(27)24-19-6-4-5-18(13-19)23(29)31-3/h4-10,13,16H,11-12,14-15H2,1-3H3,(H,24,27). The second-order valence-corrected chi connectivity index (χ2v) is 7.42. The molecule has 0 spiro atoms. The zero-order valence-electron chi connectivity index (χ0n) is 18.0. The lowest BCUT2D eigenvalue weighted by Gasteiger charge is -2.40. The van der Waals surface area contributed by atoms with E-state index in [0.717, 1.165) is 25.3 Å². The Morgan fingerprint density at radius 2 is 1.65 bits per heavy atom. The zero-order chi connectivity index (χ0) is 22.4. The fraction of sp³-hybridized carbons (Fsp3) is 0.348. The summed E-state index contributed by atoms with van der Waals surface area (Å²) in [6.45, 7) is 4.62. The van der Waals surface area contributed by atoms with Gasteiger partial charge < -0.3 is 19.7 Å². The van der Waals surface area contributed by atoms with Crippen LogP contribution in [-0.4, -0.2) is 69.2 Å². The lowest BCUT2D eigenvalue weighted by Crippen LogP contribution is -2.53. The van der Waals surface area contributed by atoms with Crippen LogP contribution in [0.15, 0.2) is 48.5 Å². The van der Waals surface area contributed by atoms with Crippen molar-refractivity contribution in [2.24, 2.45) is 0 Å². The minimum Gasteiger partial charge on any atom is -0.465 e. The molecule has 1 heterocycles. The van der Waals surface area contributed by atoms with Gasteiger partial charge in [-0.1, -0.05) is 6.07 Å². The number of anilines is 2. The van der Waals surface area contributed by atoms with Crippen molar-refractivity contribution >= 4 is 29.2 Å². The number of carbonyl (C=O) groups excluding carboxylic acids is 3. The molecule has 8 heteroatoms. The monoisotopic (exact) mass is 425 g/mol. The van der Waals surface area contributed by atoms with Crippen LogP contribution in [0.1, 0.15) is 27.6 Å². The van der Waals surface area contributed by atoms with Crippen LogP contribution < -0.4 is 10.2 Å². The normalized spacial score (nSPS) is 16.5. The summed E-state index contributed by atoms with van der Waals surface area (Å²) < 4.78 is 9.45. The Labute approximate surface area is 181 Å². The van der Waals surface area contributed by atoms with Gasteiger partial charge in [-0.3, -0.25) is 9.69 Å². The van der Waals surface area contributed by atoms with E-state index in [1.54, 1.807) is 36.4 Å². The summed E-state index contributed by atoms with van der Waals surface area (Å²) in [4.78, 5) is 40.1. The summed E-state index contributed by atoms with van der Waals surface area (Å²) in [5, 5.41) is 2.85. The Hall–Kier alpha value is -3.39. The van der Waals surface area contributed by atoms with Gasteiger partial charge in [-0.25, -0.2) is 9.59 Å². The molecular weight excluding hydrogens is 398 g/mol. The number of hydrogen-bond acceptors (Lipinski definition) is 7. The maximum Gasteiger partial charge on any atom is 0.337 e. The van der Waals surface area contributed by atoms with E-state index in [0.29, 0.717) is 16.8 Å². The summed E-state index contributed by atoms with van der Waals surface area (Å²) in [5.41, 5.74) is 2.50.